The minimum absolute atomic E-state index is 0.0162. The SMILES string of the molecule is C[C@H](N)C(=O)N(C(=O)OCc1ccccc1)c1ccc(-c2ccc(C(=O)O)c(=O)[nH]2)cc1. The molecule has 0 fully saturated rings. The van der Waals surface area contributed by atoms with Gasteiger partial charge in [-0.1, -0.05) is 42.5 Å². The molecule has 0 radical (unpaired) electrons. The number of pyridine rings is 1. The highest BCUT2D eigenvalue weighted by Crippen LogP contribution is 2.23. The van der Waals surface area contributed by atoms with Crippen LogP contribution in [-0.2, 0) is 16.1 Å². The molecule has 0 saturated carbocycles. The molecule has 2 amide bonds. The second-order valence-corrected chi connectivity index (χ2v) is 6.97. The van der Waals surface area contributed by atoms with Crippen molar-refractivity contribution >= 4 is 23.7 Å². The Hall–Kier alpha value is -4.24. The van der Waals surface area contributed by atoms with E-state index < -0.39 is 29.6 Å². The van der Waals surface area contributed by atoms with Gasteiger partial charge in [-0.2, -0.15) is 0 Å². The number of hydrogen-bond donors (Lipinski definition) is 3. The summed E-state index contributed by atoms with van der Waals surface area (Å²) in [5, 5.41) is 8.98. The highest BCUT2D eigenvalue weighted by molar-refractivity contribution is 6.14. The Morgan fingerprint density at radius 2 is 1.69 bits per heavy atom. The first-order chi connectivity index (χ1) is 15.3. The second kappa shape index (κ2) is 9.71. The molecule has 3 aromatic rings. The second-order valence-electron chi connectivity index (χ2n) is 6.97. The number of amides is 2. The minimum atomic E-state index is -1.33. The number of hydrogen-bond acceptors (Lipinski definition) is 6. The van der Waals surface area contributed by atoms with Crippen molar-refractivity contribution in [2.24, 2.45) is 5.73 Å². The Balaban J connectivity index is 1.85. The molecule has 0 aliphatic heterocycles. The number of nitrogens with one attached hydrogen (secondary N) is 1. The number of H-pyrrole nitrogens is 1. The highest BCUT2D eigenvalue weighted by Gasteiger charge is 2.27. The number of ether oxygens (including phenoxy) is 1. The molecule has 0 aliphatic rings. The summed E-state index contributed by atoms with van der Waals surface area (Å²) in [5.74, 6) is -1.97. The zero-order valence-electron chi connectivity index (χ0n) is 17.1. The van der Waals surface area contributed by atoms with Crippen LogP contribution in [0.4, 0.5) is 10.5 Å². The average Bonchev–Trinajstić information content (AvgIpc) is 2.78. The van der Waals surface area contributed by atoms with E-state index in [1.54, 1.807) is 36.4 Å². The van der Waals surface area contributed by atoms with E-state index in [1.165, 1.54) is 31.2 Å². The number of carbonyl (C=O) groups is 3. The van der Waals surface area contributed by atoms with Gasteiger partial charge in [0.15, 0.2) is 0 Å². The van der Waals surface area contributed by atoms with Gasteiger partial charge in [0.25, 0.3) is 11.5 Å². The van der Waals surface area contributed by atoms with Crippen molar-refractivity contribution in [1.29, 1.82) is 0 Å². The van der Waals surface area contributed by atoms with Crippen molar-refractivity contribution in [2.75, 3.05) is 4.90 Å². The van der Waals surface area contributed by atoms with Crippen LogP contribution in [0.3, 0.4) is 0 Å². The third-order valence-corrected chi connectivity index (χ3v) is 4.57. The number of carboxylic acids is 1. The zero-order valence-corrected chi connectivity index (χ0v) is 17.1. The van der Waals surface area contributed by atoms with Crippen LogP contribution in [0.25, 0.3) is 11.3 Å². The van der Waals surface area contributed by atoms with Crippen LogP contribution in [0.1, 0.15) is 22.8 Å². The van der Waals surface area contributed by atoms with Crippen LogP contribution < -0.4 is 16.2 Å². The fraction of sp³-hybridized carbons (Fsp3) is 0.130. The molecule has 0 bridgehead atoms. The number of nitrogens with zero attached hydrogens (tertiary/aromatic N) is 1. The number of anilines is 1. The van der Waals surface area contributed by atoms with Crippen molar-refractivity contribution < 1.29 is 24.2 Å². The summed E-state index contributed by atoms with van der Waals surface area (Å²) < 4.78 is 5.29. The lowest BCUT2D eigenvalue weighted by Crippen LogP contribution is -2.46. The summed E-state index contributed by atoms with van der Waals surface area (Å²) in [6, 6.07) is 16.9. The summed E-state index contributed by atoms with van der Waals surface area (Å²) in [6.07, 6.45) is -0.872. The van der Waals surface area contributed by atoms with Crippen LogP contribution in [0.5, 0.6) is 0 Å². The number of aromatic carboxylic acids is 1. The zero-order chi connectivity index (χ0) is 23.3. The fourth-order valence-electron chi connectivity index (χ4n) is 2.91. The molecule has 0 saturated heterocycles. The van der Waals surface area contributed by atoms with Gasteiger partial charge in [-0.05, 0) is 42.3 Å². The summed E-state index contributed by atoms with van der Waals surface area (Å²) in [7, 11) is 0. The summed E-state index contributed by atoms with van der Waals surface area (Å²) in [4.78, 5) is 51.5. The Kier molecular flexibility index (Phi) is 6.81. The van der Waals surface area contributed by atoms with Crippen LogP contribution >= 0.6 is 0 Å². The van der Waals surface area contributed by atoms with E-state index in [9.17, 15) is 19.2 Å². The van der Waals surface area contributed by atoms with Gasteiger partial charge in [0.1, 0.15) is 12.2 Å². The molecule has 1 heterocycles. The molecule has 2 aromatic carbocycles. The topological polar surface area (TPSA) is 143 Å². The number of benzene rings is 2. The lowest BCUT2D eigenvalue weighted by molar-refractivity contribution is -0.119. The van der Waals surface area contributed by atoms with Crippen LogP contribution in [0.15, 0.2) is 71.5 Å². The molecule has 1 aromatic heterocycles. The summed E-state index contributed by atoms with van der Waals surface area (Å²) in [5.41, 5.74) is 6.52. The van der Waals surface area contributed by atoms with E-state index in [-0.39, 0.29) is 17.9 Å². The molecule has 164 valence electrons. The maximum absolute atomic E-state index is 12.7. The predicted molar refractivity (Wildman–Crippen MR) is 117 cm³/mol. The third kappa shape index (κ3) is 5.08. The molecule has 9 nitrogen and oxygen atoms in total. The Bertz CT molecular complexity index is 1190. The molecule has 0 spiro atoms. The standard InChI is InChI=1S/C23H21N3O6/c1-14(24)21(28)26(23(31)32-13-15-5-3-2-4-6-15)17-9-7-16(8-10-17)19-12-11-18(22(29)30)20(27)25-19/h2-12,14H,13,24H2,1H3,(H,25,27)(H,29,30)/t14-/m0/s1. The van der Waals surface area contributed by atoms with Crippen molar-refractivity contribution in [3.63, 3.8) is 0 Å². The Labute approximate surface area is 183 Å². The van der Waals surface area contributed by atoms with E-state index in [0.717, 1.165) is 10.5 Å². The van der Waals surface area contributed by atoms with Crippen molar-refractivity contribution in [2.45, 2.75) is 19.6 Å². The number of carboxylic acid groups (broad SMARTS) is 1. The molecule has 3 rings (SSSR count). The van der Waals surface area contributed by atoms with Gasteiger partial charge in [0, 0.05) is 5.69 Å². The van der Waals surface area contributed by atoms with E-state index in [1.807, 2.05) is 6.07 Å². The number of carbonyl (C=O) groups excluding carboxylic acids is 2. The maximum Gasteiger partial charge on any atom is 0.421 e. The highest BCUT2D eigenvalue weighted by atomic mass is 16.6. The number of aromatic nitrogens is 1. The Morgan fingerprint density at radius 3 is 2.25 bits per heavy atom. The normalized spacial score (nSPS) is 11.4. The first kappa shape index (κ1) is 22.4. The fourth-order valence-corrected chi connectivity index (χ4v) is 2.91. The van der Waals surface area contributed by atoms with Crippen molar-refractivity contribution in [3.05, 3.63) is 88.2 Å². The van der Waals surface area contributed by atoms with Gasteiger partial charge >= 0.3 is 12.1 Å². The molecule has 1 atom stereocenters. The van der Waals surface area contributed by atoms with Gasteiger partial charge < -0.3 is 20.6 Å². The summed E-state index contributed by atoms with van der Waals surface area (Å²) >= 11 is 0. The molecule has 0 aliphatic carbocycles. The van der Waals surface area contributed by atoms with Crippen LogP contribution in [0.2, 0.25) is 0 Å². The largest absolute Gasteiger partial charge is 0.477 e. The smallest absolute Gasteiger partial charge is 0.421 e. The van der Waals surface area contributed by atoms with Gasteiger partial charge in [-0.3, -0.25) is 9.59 Å². The number of nitrogens with two attached hydrogens (primary N) is 1. The maximum atomic E-state index is 12.7. The monoisotopic (exact) mass is 435 g/mol. The van der Waals surface area contributed by atoms with E-state index in [4.69, 9.17) is 15.6 Å². The quantitative estimate of drug-likeness (QED) is 0.540. The van der Waals surface area contributed by atoms with Gasteiger partial charge in [0.05, 0.1) is 11.7 Å². The lowest BCUT2D eigenvalue weighted by atomic mass is 10.1. The molecule has 32 heavy (non-hydrogen) atoms. The van der Waals surface area contributed by atoms with Crippen molar-refractivity contribution in [3.8, 4) is 11.3 Å². The molecule has 0 unspecified atom stereocenters. The first-order valence-electron chi connectivity index (χ1n) is 9.65. The van der Waals surface area contributed by atoms with Crippen LogP contribution in [-0.4, -0.2) is 34.1 Å². The minimum Gasteiger partial charge on any atom is -0.477 e. The lowest BCUT2D eigenvalue weighted by Gasteiger charge is -2.22. The van der Waals surface area contributed by atoms with E-state index in [0.29, 0.717) is 11.3 Å². The molecular formula is C23H21N3O6. The third-order valence-electron chi connectivity index (χ3n) is 4.57. The first-order valence-corrected chi connectivity index (χ1v) is 9.65. The van der Waals surface area contributed by atoms with E-state index in [2.05, 4.69) is 4.98 Å². The molecule has 4 N–H and O–H groups in total. The van der Waals surface area contributed by atoms with Gasteiger partial charge in [-0.15, -0.1) is 0 Å². The number of imide groups is 1. The molecular weight excluding hydrogens is 414 g/mol. The number of aromatic amines is 1. The van der Waals surface area contributed by atoms with E-state index >= 15 is 0 Å². The van der Waals surface area contributed by atoms with Gasteiger partial charge in [-0.25, -0.2) is 14.5 Å². The van der Waals surface area contributed by atoms with Gasteiger partial charge in [0.2, 0.25) is 0 Å². The average molecular weight is 435 g/mol. The number of rotatable bonds is 6. The summed E-state index contributed by atoms with van der Waals surface area (Å²) in [6.45, 7) is 1.45. The van der Waals surface area contributed by atoms with Crippen molar-refractivity contribution in [1.82, 2.24) is 4.98 Å². The molecule has 9 heteroatoms. The van der Waals surface area contributed by atoms with Crippen LogP contribution in [0, 0.1) is 0 Å². The predicted octanol–water partition coefficient (Wildman–Crippen LogP) is 2.76. The Morgan fingerprint density at radius 1 is 1.03 bits per heavy atom.